The van der Waals surface area contributed by atoms with E-state index in [1.54, 1.807) is 0 Å². The maximum absolute atomic E-state index is 12.2. The molecule has 0 aliphatic rings. The summed E-state index contributed by atoms with van der Waals surface area (Å²) in [6.07, 6.45) is 0.965. The maximum Gasteiger partial charge on any atom is 0.255 e. The normalized spacial score (nSPS) is 10.6. The number of aryl methyl sites for hydroxylation is 1. The van der Waals surface area contributed by atoms with Crippen molar-refractivity contribution in [2.24, 2.45) is 0 Å². The summed E-state index contributed by atoms with van der Waals surface area (Å²) in [7, 11) is 0. The molecule has 1 N–H and O–H groups in total. The number of amides is 1. The van der Waals surface area contributed by atoms with E-state index in [0.717, 1.165) is 12.1 Å². The number of carbonyl (C=O) groups is 1. The van der Waals surface area contributed by atoms with Crippen LogP contribution < -0.4 is 5.32 Å². The van der Waals surface area contributed by atoms with Crippen molar-refractivity contribution in [3.63, 3.8) is 0 Å². The fourth-order valence-corrected chi connectivity index (χ4v) is 2.09. The Morgan fingerprint density at radius 1 is 1.10 bits per heavy atom. The number of hydrogen-bond donors (Lipinski definition) is 1. The molecule has 104 valence electrons. The van der Waals surface area contributed by atoms with E-state index in [0.29, 0.717) is 11.5 Å². The van der Waals surface area contributed by atoms with Crippen LogP contribution in [-0.4, -0.2) is 5.91 Å². The third kappa shape index (κ3) is 3.47. The Bertz CT molecular complexity index is 585. The highest BCUT2D eigenvalue weighted by molar-refractivity contribution is 6.04. The quantitative estimate of drug-likeness (QED) is 0.860. The fraction of sp³-hybridized carbons (Fsp3) is 0.278. The van der Waals surface area contributed by atoms with Crippen molar-refractivity contribution >= 4 is 11.6 Å². The van der Waals surface area contributed by atoms with Gasteiger partial charge in [0.25, 0.3) is 5.91 Å². The zero-order valence-corrected chi connectivity index (χ0v) is 12.3. The van der Waals surface area contributed by atoms with Gasteiger partial charge in [0.2, 0.25) is 0 Å². The highest BCUT2D eigenvalue weighted by Crippen LogP contribution is 2.16. The van der Waals surface area contributed by atoms with Gasteiger partial charge in [0.1, 0.15) is 0 Å². The summed E-state index contributed by atoms with van der Waals surface area (Å²) in [5, 5.41) is 2.94. The molecule has 2 nitrogen and oxygen atoms in total. The molecule has 0 unspecified atom stereocenters. The number of nitrogens with one attached hydrogen (secondary N) is 1. The first-order valence-electron chi connectivity index (χ1n) is 7.10. The molecule has 2 aromatic rings. The highest BCUT2D eigenvalue weighted by atomic mass is 16.1. The molecule has 0 spiro atoms. The van der Waals surface area contributed by atoms with Gasteiger partial charge in [-0.05, 0) is 47.7 Å². The van der Waals surface area contributed by atoms with E-state index < -0.39 is 0 Å². The second-order valence-electron chi connectivity index (χ2n) is 5.28. The Balaban J connectivity index is 2.11. The van der Waals surface area contributed by atoms with Gasteiger partial charge in [-0.2, -0.15) is 0 Å². The van der Waals surface area contributed by atoms with Crippen LogP contribution in [-0.2, 0) is 6.42 Å². The van der Waals surface area contributed by atoms with Crippen LogP contribution in [0.1, 0.15) is 48.2 Å². The zero-order chi connectivity index (χ0) is 14.5. The van der Waals surface area contributed by atoms with E-state index >= 15 is 0 Å². The number of benzene rings is 2. The lowest BCUT2D eigenvalue weighted by Crippen LogP contribution is -2.12. The van der Waals surface area contributed by atoms with E-state index in [9.17, 15) is 4.79 Å². The van der Waals surface area contributed by atoms with Gasteiger partial charge in [0.15, 0.2) is 0 Å². The number of hydrogen-bond acceptors (Lipinski definition) is 1. The first-order chi connectivity index (χ1) is 9.60. The smallest absolute Gasteiger partial charge is 0.255 e. The molecular weight excluding hydrogens is 246 g/mol. The van der Waals surface area contributed by atoms with Gasteiger partial charge in [0.05, 0.1) is 0 Å². The lowest BCUT2D eigenvalue weighted by Gasteiger charge is -2.09. The Kier molecular flexibility index (Phi) is 4.57. The molecule has 2 aromatic carbocycles. The molecule has 0 heterocycles. The summed E-state index contributed by atoms with van der Waals surface area (Å²) in [6.45, 7) is 6.39. The van der Waals surface area contributed by atoms with Crippen molar-refractivity contribution in [2.45, 2.75) is 33.1 Å². The van der Waals surface area contributed by atoms with Crippen molar-refractivity contribution in [3.05, 3.63) is 65.2 Å². The molecule has 2 heteroatoms. The van der Waals surface area contributed by atoms with Crippen molar-refractivity contribution in [1.29, 1.82) is 0 Å². The van der Waals surface area contributed by atoms with Crippen LogP contribution in [0.25, 0.3) is 0 Å². The van der Waals surface area contributed by atoms with E-state index in [-0.39, 0.29) is 5.91 Å². The predicted molar refractivity (Wildman–Crippen MR) is 84.3 cm³/mol. The standard InChI is InChI=1S/C18H21NO/c1-4-14-6-5-7-17(12-14)19-18(20)16-10-8-15(9-11-16)13(2)3/h5-13H,4H2,1-3H3,(H,19,20). The number of anilines is 1. The van der Waals surface area contributed by atoms with E-state index in [1.165, 1.54) is 11.1 Å². The summed E-state index contributed by atoms with van der Waals surface area (Å²) in [5.41, 5.74) is 4.01. The van der Waals surface area contributed by atoms with E-state index in [2.05, 4.69) is 32.2 Å². The van der Waals surface area contributed by atoms with Gasteiger partial charge in [-0.15, -0.1) is 0 Å². The molecule has 2 rings (SSSR count). The molecule has 0 fully saturated rings. The monoisotopic (exact) mass is 267 g/mol. The van der Waals surface area contributed by atoms with Crippen molar-refractivity contribution in [1.82, 2.24) is 0 Å². The lowest BCUT2D eigenvalue weighted by molar-refractivity contribution is 0.102. The van der Waals surface area contributed by atoms with Crippen LogP contribution in [0.4, 0.5) is 5.69 Å². The van der Waals surface area contributed by atoms with Crippen LogP contribution in [0, 0.1) is 0 Å². The molecule has 0 aromatic heterocycles. The third-order valence-corrected chi connectivity index (χ3v) is 3.43. The van der Waals surface area contributed by atoms with Gasteiger partial charge in [-0.1, -0.05) is 45.0 Å². The summed E-state index contributed by atoms with van der Waals surface area (Å²) in [4.78, 5) is 12.2. The molecule has 0 radical (unpaired) electrons. The maximum atomic E-state index is 12.2. The molecule has 0 saturated heterocycles. The third-order valence-electron chi connectivity index (χ3n) is 3.43. The van der Waals surface area contributed by atoms with Crippen LogP contribution in [0.2, 0.25) is 0 Å². The first-order valence-corrected chi connectivity index (χ1v) is 7.10. The van der Waals surface area contributed by atoms with E-state index in [1.807, 2.05) is 42.5 Å². The second-order valence-corrected chi connectivity index (χ2v) is 5.28. The Morgan fingerprint density at radius 2 is 1.80 bits per heavy atom. The van der Waals surface area contributed by atoms with E-state index in [4.69, 9.17) is 0 Å². The topological polar surface area (TPSA) is 29.1 Å². The van der Waals surface area contributed by atoms with Gasteiger partial charge in [0, 0.05) is 11.3 Å². The van der Waals surface area contributed by atoms with Crippen LogP contribution in [0.15, 0.2) is 48.5 Å². The summed E-state index contributed by atoms with van der Waals surface area (Å²) in [6, 6.07) is 15.8. The second kappa shape index (κ2) is 6.38. The minimum atomic E-state index is -0.0615. The summed E-state index contributed by atoms with van der Waals surface area (Å²) >= 11 is 0. The average Bonchev–Trinajstić information content (AvgIpc) is 2.47. The van der Waals surface area contributed by atoms with Gasteiger partial charge < -0.3 is 5.32 Å². The van der Waals surface area contributed by atoms with Gasteiger partial charge in [-0.25, -0.2) is 0 Å². The van der Waals surface area contributed by atoms with Gasteiger partial charge >= 0.3 is 0 Å². The SMILES string of the molecule is CCc1cccc(NC(=O)c2ccc(C(C)C)cc2)c1. The molecule has 0 aliphatic carbocycles. The molecule has 0 bridgehead atoms. The highest BCUT2D eigenvalue weighted by Gasteiger charge is 2.07. The van der Waals surface area contributed by atoms with Crippen molar-refractivity contribution in [3.8, 4) is 0 Å². The van der Waals surface area contributed by atoms with Gasteiger partial charge in [-0.3, -0.25) is 4.79 Å². The van der Waals surface area contributed by atoms with Crippen LogP contribution in [0.3, 0.4) is 0 Å². The molecule has 20 heavy (non-hydrogen) atoms. The number of carbonyl (C=O) groups excluding carboxylic acids is 1. The minimum absolute atomic E-state index is 0.0615. The van der Waals surface area contributed by atoms with Crippen molar-refractivity contribution < 1.29 is 4.79 Å². The average molecular weight is 267 g/mol. The minimum Gasteiger partial charge on any atom is -0.322 e. The summed E-state index contributed by atoms with van der Waals surface area (Å²) < 4.78 is 0. The summed E-state index contributed by atoms with van der Waals surface area (Å²) in [5.74, 6) is 0.418. The molecule has 0 saturated carbocycles. The molecular formula is C18H21NO. The van der Waals surface area contributed by atoms with Crippen molar-refractivity contribution in [2.75, 3.05) is 5.32 Å². The Hall–Kier alpha value is -2.09. The first kappa shape index (κ1) is 14.3. The van der Waals surface area contributed by atoms with Crippen LogP contribution >= 0.6 is 0 Å². The van der Waals surface area contributed by atoms with Crippen LogP contribution in [0.5, 0.6) is 0 Å². The molecule has 0 aliphatic heterocycles. The molecule has 0 atom stereocenters. The Morgan fingerprint density at radius 3 is 2.40 bits per heavy atom. The lowest BCUT2D eigenvalue weighted by atomic mass is 10.0. The Labute approximate surface area is 120 Å². The predicted octanol–water partition coefficient (Wildman–Crippen LogP) is 4.62. The number of rotatable bonds is 4. The molecule has 1 amide bonds. The largest absolute Gasteiger partial charge is 0.322 e. The fourth-order valence-electron chi connectivity index (χ4n) is 2.09. The zero-order valence-electron chi connectivity index (χ0n) is 12.3.